The Balaban J connectivity index is 2.12. The van der Waals surface area contributed by atoms with E-state index in [2.05, 4.69) is 67.1 Å². The molecule has 0 unspecified atom stereocenters. The number of benzene rings is 2. The van der Waals surface area contributed by atoms with E-state index in [9.17, 15) is 0 Å². The van der Waals surface area contributed by atoms with E-state index in [4.69, 9.17) is 4.43 Å². The van der Waals surface area contributed by atoms with Crippen LogP contribution < -0.4 is 4.43 Å². The first-order valence-corrected chi connectivity index (χ1v) is 11.2. The highest BCUT2D eigenvalue weighted by Gasteiger charge is 2.34. The molecule has 0 N–H and O–H groups in total. The van der Waals surface area contributed by atoms with E-state index in [0.717, 1.165) is 16.3 Å². The van der Waals surface area contributed by atoms with E-state index in [0.29, 0.717) is 0 Å². The predicted molar refractivity (Wildman–Crippen MR) is 96.5 cm³/mol. The molecule has 0 amide bonds. The van der Waals surface area contributed by atoms with Gasteiger partial charge in [-0.25, -0.2) is 0 Å². The molecule has 0 saturated carbocycles. The largest absolute Gasteiger partial charge is 0.544 e. The van der Waals surface area contributed by atoms with E-state index >= 15 is 0 Å². The van der Waals surface area contributed by atoms with Crippen LogP contribution in [0.15, 0.2) is 59.1 Å². The van der Waals surface area contributed by atoms with Crippen molar-refractivity contribution >= 4 is 24.2 Å². The van der Waals surface area contributed by atoms with Crippen LogP contribution in [0, 0.1) is 0 Å². The lowest BCUT2D eigenvalue weighted by Gasteiger charge is -2.34. The molecule has 2 aromatic carbocycles. The van der Waals surface area contributed by atoms with Crippen molar-refractivity contribution in [1.82, 2.24) is 0 Å². The van der Waals surface area contributed by atoms with Gasteiger partial charge in [0.1, 0.15) is 5.75 Å². The van der Waals surface area contributed by atoms with Crippen molar-refractivity contribution in [2.24, 2.45) is 0 Å². The normalized spacial score (nSPS) is 12.2. The molecule has 0 saturated heterocycles. The Labute approximate surface area is 137 Å². The van der Waals surface area contributed by atoms with Gasteiger partial charge >= 0.3 is 0 Å². The molecule has 21 heavy (non-hydrogen) atoms. The third-order valence-corrected chi connectivity index (χ3v) is 6.68. The van der Waals surface area contributed by atoms with Gasteiger partial charge < -0.3 is 4.43 Å². The van der Waals surface area contributed by atoms with Crippen molar-refractivity contribution in [2.75, 3.05) is 0 Å². The molecule has 0 aliphatic rings. The SMILES string of the molecule is CC(C)(C[Si](C)(C)Oc1ccccc1)c1ccc(Br)cc1. The van der Waals surface area contributed by atoms with Gasteiger partial charge in [0.05, 0.1) is 0 Å². The molecular weight excluding hydrogens is 340 g/mol. The van der Waals surface area contributed by atoms with Crippen LogP contribution in [0.25, 0.3) is 0 Å². The second-order valence-corrected chi connectivity index (χ2v) is 11.7. The minimum absolute atomic E-state index is 0.116. The highest BCUT2D eigenvalue weighted by atomic mass is 79.9. The van der Waals surface area contributed by atoms with Gasteiger partial charge in [0, 0.05) is 4.47 Å². The fourth-order valence-electron chi connectivity index (χ4n) is 2.91. The number of halogens is 1. The maximum atomic E-state index is 6.31. The summed E-state index contributed by atoms with van der Waals surface area (Å²) < 4.78 is 7.44. The molecule has 0 bridgehead atoms. The van der Waals surface area contributed by atoms with Gasteiger partial charge in [-0.2, -0.15) is 0 Å². The molecular formula is C18H23BrOSi. The van der Waals surface area contributed by atoms with E-state index in [1.165, 1.54) is 5.56 Å². The lowest BCUT2D eigenvalue weighted by atomic mass is 9.87. The number of hydrogen-bond acceptors (Lipinski definition) is 1. The van der Waals surface area contributed by atoms with Crippen LogP contribution in [0.3, 0.4) is 0 Å². The second kappa shape index (κ2) is 6.37. The fourth-order valence-corrected chi connectivity index (χ4v) is 6.35. The lowest BCUT2D eigenvalue weighted by molar-refractivity contribution is 0.497. The molecule has 0 fully saturated rings. The van der Waals surface area contributed by atoms with Crippen molar-refractivity contribution in [2.45, 2.75) is 38.4 Å². The van der Waals surface area contributed by atoms with Crippen LogP contribution in [0.2, 0.25) is 19.1 Å². The number of para-hydroxylation sites is 1. The fraction of sp³-hybridized carbons (Fsp3) is 0.333. The average molecular weight is 363 g/mol. The highest BCUT2D eigenvalue weighted by Crippen LogP contribution is 2.34. The zero-order chi connectivity index (χ0) is 15.5. The van der Waals surface area contributed by atoms with E-state index in [1.807, 2.05) is 30.3 Å². The first kappa shape index (κ1) is 16.3. The first-order chi connectivity index (χ1) is 9.78. The van der Waals surface area contributed by atoms with E-state index in [1.54, 1.807) is 0 Å². The molecule has 3 heteroatoms. The maximum absolute atomic E-state index is 6.31. The standard InChI is InChI=1S/C18H23BrOSi/c1-18(2,15-10-12-16(19)13-11-15)14-21(3,4)20-17-8-6-5-7-9-17/h5-13H,14H2,1-4H3. The Morgan fingerprint density at radius 3 is 2.10 bits per heavy atom. The quantitative estimate of drug-likeness (QED) is 0.591. The van der Waals surface area contributed by atoms with Crippen molar-refractivity contribution < 1.29 is 4.43 Å². The van der Waals surface area contributed by atoms with Gasteiger partial charge in [0.15, 0.2) is 0 Å². The average Bonchev–Trinajstić information content (AvgIpc) is 2.38. The minimum atomic E-state index is -1.79. The van der Waals surface area contributed by atoms with E-state index < -0.39 is 8.32 Å². The van der Waals surface area contributed by atoms with Gasteiger partial charge in [-0.05, 0) is 54.4 Å². The van der Waals surface area contributed by atoms with Crippen LogP contribution in [-0.4, -0.2) is 8.32 Å². The molecule has 0 atom stereocenters. The summed E-state index contributed by atoms with van der Waals surface area (Å²) in [6.45, 7) is 9.19. The van der Waals surface area contributed by atoms with Crippen molar-refractivity contribution in [3.63, 3.8) is 0 Å². The molecule has 112 valence electrons. The van der Waals surface area contributed by atoms with Crippen molar-refractivity contribution in [3.8, 4) is 5.75 Å². The molecule has 2 aromatic rings. The number of rotatable bonds is 5. The van der Waals surface area contributed by atoms with Crippen molar-refractivity contribution in [3.05, 3.63) is 64.6 Å². The molecule has 1 nitrogen and oxygen atoms in total. The lowest BCUT2D eigenvalue weighted by Crippen LogP contribution is -2.40. The summed E-state index contributed by atoms with van der Waals surface area (Å²) in [5.74, 6) is 0.987. The zero-order valence-electron chi connectivity index (χ0n) is 13.2. The summed E-state index contributed by atoms with van der Waals surface area (Å²) in [4.78, 5) is 0. The third kappa shape index (κ3) is 4.72. The van der Waals surface area contributed by atoms with Crippen LogP contribution in [0.4, 0.5) is 0 Å². The summed E-state index contributed by atoms with van der Waals surface area (Å²) in [6.07, 6.45) is 0. The van der Waals surface area contributed by atoms with Gasteiger partial charge in [0.25, 0.3) is 0 Å². The first-order valence-electron chi connectivity index (χ1n) is 7.29. The van der Waals surface area contributed by atoms with Gasteiger partial charge in [-0.1, -0.05) is 60.1 Å². The van der Waals surface area contributed by atoms with Crippen LogP contribution in [0.5, 0.6) is 5.75 Å². The number of hydrogen-bond donors (Lipinski definition) is 0. The van der Waals surface area contributed by atoms with Crippen LogP contribution in [-0.2, 0) is 5.41 Å². The summed E-state index contributed by atoms with van der Waals surface area (Å²) in [5.41, 5.74) is 1.48. The van der Waals surface area contributed by atoms with Crippen LogP contribution >= 0.6 is 15.9 Å². The summed E-state index contributed by atoms with van der Waals surface area (Å²) in [5, 5.41) is 0. The highest BCUT2D eigenvalue weighted by molar-refractivity contribution is 9.10. The molecule has 0 aromatic heterocycles. The van der Waals surface area contributed by atoms with Gasteiger partial charge in [-0.3, -0.25) is 0 Å². The molecule has 0 aliphatic carbocycles. The molecule has 0 aliphatic heterocycles. The smallest absolute Gasteiger partial charge is 0.246 e. The zero-order valence-corrected chi connectivity index (χ0v) is 15.8. The maximum Gasteiger partial charge on any atom is 0.246 e. The third-order valence-electron chi connectivity index (χ3n) is 3.63. The molecule has 0 heterocycles. The van der Waals surface area contributed by atoms with Crippen molar-refractivity contribution in [1.29, 1.82) is 0 Å². The summed E-state index contributed by atoms with van der Waals surface area (Å²) in [6, 6.07) is 19.9. The molecule has 0 spiro atoms. The minimum Gasteiger partial charge on any atom is -0.544 e. The Kier molecular flexibility index (Phi) is 4.94. The predicted octanol–water partition coefficient (Wildman–Crippen LogP) is 6.01. The Bertz CT molecular complexity index is 576. The van der Waals surface area contributed by atoms with Crippen LogP contribution in [0.1, 0.15) is 19.4 Å². The van der Waals surface area contributed by atoms with Gasteiger partial charge in [-0.15, -0.1) is 0 Å². The Morgan fingerprint density at radius 2 is 1.52 bits per heavy atom. The van der Waals surface area contributed by atoms with E-state index in [-0.39, 0.29) is 5.41 Å². The topological polar surface area (TPSA) is 9.23 Å². The monoisotopic (exact) mass is 362 g/mol. The summed E-state index contributed by atoms with van der Waals surface area (Å²) in [7, 11) is -1.79. The molecule has 0 radical (unpaired) electrons. The second-order valence-electron chi connectivity index (χ2n) is 6.74. The summed E-state index contributed by atoms with van der Waals surface area (Å²) >= 11 is 3.50. The molecule has 2 rings (SSSR count). The Morgan fingerprint density at radius 1 is 0.952 bits per heavy atom. The van der Waals surface area contributed by atoms with Gasteiger partial charge in [0.2, 0.25) is 8.32 Å². The Hall–Kier alpha value is -1.06.